The molecule has 7 nitrogen and oxygen atoms in total. The van der Waals surface area contributed by atoms with Crippen LogP contribution in [0.1, 0.15) is 44.0 Å². The Labute approximate surface area is 187 Å². The number of nitrogens with zero attached hydrogens (tertiary/aromatic N) is 3. The molecule has 2 aromatic carbocycles. The van der Waals surface area contributed by atoms with Gasteiger partial charge in [-0.2, -0.15) is 0 Å². The molecule has 0 amide bonds. The van der Waals surface area contributed by atoms with Gasteiger partial charge >= 0.3 is 5.97 Å². The third-order valence-electron chi connectivity index (χ3n) is 5.71. The largest absolute Gasteiger partial charge is 0.494 e. The molecule has 2 heterocycles. The van der Waals surface area contributed by atoms with Crippen molar-refractivity contribution in [3.63, 3.8) is 0 Å². The van der Waals surface area contributed by atoms with Crippen LogP contribution in [0.5, 0.6) is 5.75 Å². The first-order chi connectivity index (χ1) is 15.6. The Balaban J connectivity index is 1.86. The first-order valence-corrected chi connectivity index (χ1v) is 11.0. The van der Waals surface area contributed by atoms with Crippen molar-refractivity contribution in [3.8, 4) is 11.4 Å². The van der Waals surface area contributed by atoms with Gasteiger partial charge in [-0.05, 0) is 49.2 Å². The number of fused-ring (bicyclic) bond motifs is 2. The van der Waals surface area contributed by atoms with Crippen molar-refractivity contribution in [2.24, 2.45) is 5.92 Å². The number of carbonyl (C=O) groups excluding carboxylic acids is 1. The number of anilines is 1. The van der Waals surface area contributed by atoms with Crippen LogP contribution in [0.15, 0.2) is 48.5 Å². The maximum absolute atomic E-state index is 13.1. The maximum atomic E-state index is 13.1. The average Bonchev–Trinajstić information content (AvgIpc) is 3.09. The van der Waals surface area contributed by atoms with E-state index in [0.29, 0.717) is 35.8 Å². The van der Waals surface area contributed by atoms with Gasteiger partial charge in [0.2, 0.25) is 0 Å². The lowest BCUT2D eigenvalue weighted by Gasteiger charge is -2.12. The summed E-state index contributed by atoms with van der Waals surface area (Å²) < 4.78 is 12.9. The summed E-state index contributed by atoms with van der Waals surface area (Å²) in [6.45, 7) is 7.04. The quantitative estimate of drug-likeness (QED) is 0.387. The highest BCUT2D eigenvalue weighted by Gasteiger charge is 2.26. The smallest absolute Gasteiger partial charge is 0.344 e. The molecule has 7 heteroatoms. The highest BCUT2D eigenvalue weighted by atomic mass is 16.5. The molecule has 0 aliphatic heterocycles. The zero-order valence-corrected chi connectivity index (χ0v) is 18.7. The Hall–Kier alpha value is -3.61. The van der Waals surface area contributed by atoms with Crippen LogP contribution in [0.25, 0.3) is 27.9 Å². The van der Waals surface area contributed by atoms with Crippen molar-refractivity contribution in [2.75, 3.05) is 18.9 Å². The molecule has 0 aliphatic rings. The second-order valence-corrected chi connectivity index (χ2v) is 7.69. The standard InChI is InChI=1S/C25H28N4O3/c1-4-16(5-2)15-32-25(30)21-22-24(28-20-10-8-7-9-19(20)27-22)29(23(21)26)17-11-13-18(14-12-17)31-6-3/h7-14,16H,4-6,15,26H2,1-3H3. The van der Waals surface area contributed by atoms with Crippen molar-refractivity contribution in [3.05, 3.63) is 54.1 Å². The number of benzene rings is 2. The van der Waals surface area contributed by atoms with E-state index in [0.717, 1.165) is 29.8 Å². The zero-order valence-electron chi connectivity index (χ0n) is 18.7. The lowest BCUT2D eigenvalue weighted by atomic mass is 10.1. The SMILES string of the molecule is CCOc1ccc(-n2c(N)c(C(=O)OCC(CC)CC)c3nc4ccccc4nc32)cc1. The number of nitrogen functional groups attached to an aromatic ring is 1. The Morgan fingerprint density at radius 3 is 2.28 bits per heavy atom. The monoisotopic (exact) mass is 432 g/mol. The van der Waals surface area contributed by atoms with Gasteiger partial charge in [0.1, 0.15) is 22.6 Å². The molecule has 0 bridgehead atoms. The van der Waals surface area contributed by atoms with E-state index in [9.17, 15) is 4.79 Å². The van der Waals surface area contributed by atoms with Crippen molar-refractivity contribution < 1.29 is 14.3 Å². The van der Waals surface area contributed by atoms with Crippen LogP contribution in [0.4, 0.5) is 5.82 Å². The number of hydrogen-bond donors (Lipinski definition) is 1. The summed E-state index contributed by atoms with van der Waals surface area (Å²) in [5.41, 5.74) is 9.91. The van der Waals surface area contributed by atoms with Crippen LogP contribution < -0.4 is 10.5 Å². The number of rotatable bonds is 8. The minimum absolute atomic E-state index is 0.248. The predicted octanol–water partition coefficient (Wildman–Crippen LogP) is 5.15. The van der Waals surface area contributed by atoms with Crippen LogP contribution >= 0.6 is 0 Å². The molecule has 32 heavy (non-hydrogen) atoms. The van der Waals surface area contributed by atoms with E-state index in [4.69, 9.17) is 25.2 Å². The molecular formula is C25H28N4O3. The van der Waals surface area contributed by atoms with Crippen molar-refractivity contribution >= 4 is 34.0 Å². The topological polar surface area (TPSA) is 92.3 Å². The number of nitrogens with two attached hydrogens (primary N) is 1. The second-order valence-electron chi connectivity index (χ2n) is 7.69. The van der Waals surface area contributed by atoms with E-state index in [-0.39, 0.29) is 11.4 Å². The zero-order chi connectivity index (χ0) is 22.7. The molecule has 166 valence electrons. The first-order valence-electron chi connectivity index (χ1n) is 11.0. The van der Waals surface area contributed by atoms with Gasteiger partial charge < -0.3 is 15.2 Å². The molecule has 0 aliphatic carbocycles. The molecule has 0 fully saturated rings. The van der Waals surface area contributed by atoms with E-state index in [2.05, 4.69) is 13.8 Å². The molecule has 0 spiro atoms. The van der Waals surface area contributed by atoms with E-state index in [1.54, 1.807) is 4.57 Å². The van der Waals surface area contributed by atoms with E-state index >= 15 is 0 Å². The minimum Gasteiger partial charge on any atom is -0.494 e. The third-order valence-corrected chi connectivity index (χ3v) is 5.71. The van der Waals surface area contributed by atoms with Gasteiger partial charge in [0.25, 0.3) is 0 Å². The summed E-state index contributed by atoms with van der Waals surface area (Å²) in [7, 11) is 0. The third kappa shape index (κ3) is 3.98. The van der Waals surface area contributed by atoms with Crippen LogP contribution in [0, 0.1) is 5.92 Å². The molecule has 0 saturated heterocycles. The van der Waals surface area contributed by atoms with Crippen LogP contribution in [-0.4, -0.2) is 33.7 Å². The number of para-hydroxylation sites is 2. The van der Waals surface area contributed by atoms with E-state index < -0.39 is 5.97 Å². The van der Waals surface area contributed by atoms with Crippen molar-refractivity contribution in [1.29, 1.82) is 0 Å². The molecule has 0 saturated carbocycles. The normalized spacial score (nSPS) is 11.4. The van der Waals surface area contributed by atoms with Crippen LogP contribution in [-0.2, 0) is 4.74 Å². The van der Waals surface area contributed by atoms with Gasteiger partial charge in [0.15, 0.2) is 5.65 Å². The summed E-state index contributed by atoms with van der Waals surface area (Å²) in [5.74, 6) is 0.849. The van der Waals surface area contributed by atoms with Gasteiger partial charge in [-0.3, -0.25) is 4.57 Å². The lowest BCUT2D eigenvalue weighted by Crippen LogP contribution is -2.15. The summed E-state index contributed by atoms with van der Waals surface area (Å²) in [5, 5.41) is 0. The van der Waals surface area contributed by atoms with Crippen LogP contribution in [0.3, 0.4) is 0 Å². The lowest BCUT2D eigenvalue weighted by molar-refractivity contribution is 0.0436. The molecule has 4 rings (SSSR count). The molecule has 0 radical (unpaired) electrons. The Morgan fingerprint density at radius 2 is 1.66 bits per heavy atom. The molecule has 4 aromatic rings. The predicted molar refractivity (Wildman–Crippen MR) is 126 cm³/mol. The van der Waals surface area contributed by atoms with Gasteiger partial charge in [0, 0.05) is 5.69 Å². The minimum atomic E-state index is -0.478. The fourth-order valence-electron chi connectivity index (χ4n) is 3.77. The summed E-state index contributed by atoms with van der Waals surface area (Å²) in [4.78, 5) is 22.6. The van der Waals surface area contributed by atoms with E-state index in [1.165, 1.54) is 0 Å². The Bertz CT molecular complexity index is 1240. The first kappa shape index (κ1) is 21.6. The summed E-state index contributed by atoms with van der Waals surface area (Å²) in [6.07, 6.45) is 1.88. The molecule has 2 aromatic heterocycles. The number of aromatic nitrogens is 3. The molecular weight excluding hydrogens is 404 g/mol. The Kier molecular flexibility index (Phi) is 6.25. The fourth-order valence-corrected chi connectivity index (χ4v) is 3.77. The molecule has 0 unspecified atom stereocenters. The van der Waals surface area contributed by atoms with Gasteiger partial charge in [-0.15, -0.1) is 0 Å². The van der Waals surface area contributed by atoms with Crippen molar-refractivity contribution in [2.45, 2.75) is 33.6 Å². The highest BCUT2D eigenvalue weighted by Crippen LogP contribution is 2.32. The maximum Gasteiger partial charge on any atom is 0.344 e. The molecule has 0 atom stereocenters. The van der Waals surface area contributed by atoms with E-state index in [1.807, 2.05) is 55.5 Å². The number of esters is 1. The van der Waals surface area contributed by atoms with Crippen LogP contribution in [0.2, 0.25) is 0 Å². The van der Waals surface area contributed by atoms with Gasteiger partial charge in [-0.1, -0.05) is 38.8 Å². The highest BCUT2D eigenvalue weighted by molar-refractivity contribution is 6.09. The Morgan fingerprint density at radius 1 is 1.00 bits per heavy atom. The van der Waals surface area contributed by atoms with Gasteiger partial charge in [0.05, 0.1) is 24.2 Å². The second kappa shape index (κ2) is 9.26. The fraction of sp³-hybridized carbons (Fsp3) is 0.320. The summed E-state index contributed by atoms with van der Waals surface area (Å²) in [6, 6.07) is 15.0. The summed E-state index contributed by atoms with van der Waals surface area (Å²) >= 11 is 0. The number of ether oxygens (including phenoxy) is 2. The van der Waals surface area contributed by atoms with Gasteiger partial charge in [-0.25, -0.2) is 14.8 Å². The average molecular weight is 433 g/mol. The molecule has 2 N–H and O–H groups in total. The van der Waals surface area contributed by atoms with Crippen molar-refractivity contribution in [1.82, 2.24) is 14.5 Å². The number of carbonyl (C=O) groups is 1. The number of hydrogen-bond acceptors (Lipinski definition) is 6.